The summed E-state index contributed by atoms with van der Waals surface area (Å²) in [5, 5.41) is 0. The first kappa shape index (κ1) is 14.7. The number of likely N-dealkylation sites (tertiary alicyclic amines) is 1. The topological polar surface area (TPSA) is 48.0 Å². The molecule has 2 aliphatic rings. The van der Waals surface area contributed by atoms with E-state index in [-0.39, 0.29) is 6.09 Å². The number of nitrogens with zero attached hydrogens (tertiary/aromatic N) is 1. The smallest absolute Gasteiger partial charge is 0.409 e. The maximum atomic E-state index is 11.7. The lowest BCUT2D eigenvalue weighted by Gasteiger charge is -2.43. The molecule has 0 unspecified atom stereocenters. The molecule has 6 heteroatoms. The highest BCUT2D eigenvalue weighted by Gasteiger charge is 2.42. The van der Waals surface area contributed by atoms with Crippen LogP contribution in [0.25, 0.3) is 0 Å². The standard InChI is InChI=1S/C15H18BrNO4/c1-2-19-14(18)17-7-5-15(6-8-17)20-10-11-9-12(16)3-4-13(11)21-15/h3-4,9H,2,5-8,10H2,1H3. The van der Waals surface area contributed by atoms with Crippen molar-refractivity contribution in [1.82, 2.24) is 4.90 Å². The Labute approximate surface area is 132 Å². The van der Waals surface area contributed by atoms with Crippen LogP contribution in [0.5, 0.6) is 5.75 Å². The number of carbonyl (C=O) groups excluding carboxylic acids is 1. The number of benzene rings is 1. The van der Waals surface area contributed by atoms with E-state index < -0.39 is 5.79 Å². The summed E-state index contributed by atoms with van der Waals surface area (Å²) in [7, 11) is 0. The van der Waals surface area contributed by atoms with Crippen LogP contribution in [0.4, 0.5) is 4.79 Å². The average molecular weight is 356 g/mol. The normalized spacial score (nSPS) is 19.8. The molecule has 21 heavy (non-hydrogen) atoms. The van der Waals surface area contributed by atoms with E-state index in [1.165, 1.54) is 0 Å². The van der Waals surface area contributed by atoms with Crippen LogP contribution < -0.4 is 4.74 Å². The largest absolute Gasteiger partial charge is 0.462 e. The van der Waals surface area contributed by atoms with Crippen LogP contribution in [-0.2, 0) is 16.1 Å². The van der Waals surface area contributed by atoms with Crippen LogP contribution in [0.3, 0.4) is 0 Å². The predicted octanol–water partition coefficient (Wildman–Crippen LogP) is 3.31. The molecule has 0 N–H and O–H groups in total. The number of hydrogen-bond donors (Lipinski definition) is 0. The van der Waals surface area contributed by atoms with Gasteiger partial charge in [-0.1, -0.05) is 15.9 Å². The van der Waals surface area contributed by atoms with Crippen LogP contribution in [0.2, 0.25) is 0 Å². The lowest BCUT2D eigenvalue weighted by molar-refractivity contribution is -0.226. The molecular weight excluding hydrogens is 338 g/mol. The summed E-state index contributed by atoms with van der Waals surface area (Å²) in [5.41, 5.74) is 1.04. The maximum absolute atomic E-state index is 11.7. The van der Waals surface area contributed by atoms with Crippen molar-refractivity contribution >= 4 is 22.0 Å². The van der Waals surface area contributed by atoms with Gasteiger partial charge in [0, 0.05) is 36.0 Å². The predicted molar refractivity (Wildman–Crippen MR) is 80.1 cm³/mol. The maximum Gasteiger partial charge on any atom is 0.409 e. The van der Waals surface area contributed by atoms with E-state index in [2.05, 4.69) is 15.9 Å². The second-order valence-electron chi connectivity index (χ2n) is 5.24. The average Bonchev–Trinajstić information content (AvgIpc) is 2.49. The van der Waals surface area contributed by atoms with E-state index in [0.717, 1.165) is 15.8 Å². The SMILES string of the molecule is CCOC(=O)N1CCC2(CC1)OCc1cc(Br)ccc1O2. The third-order valence-corrected chi connectivity index (χ3v) is 4.35. The Hall–Kier alpha value is -1.27. The van der Waals surface area contributed by atoms with Crippen LogP contribution in [0, 0.1) is 0 Å². The van der Waals surface area contributed by atoms with Crippen LogP contribution in [-0.4, -0.2) is 36.5 Å². The number of carbonyl (C=O) groups is 1. The number of hydrogen-bond acceptors (Lipinski definition) is 4. The second kappa shape index (κ2) is 5.85. The molecule has 1 aromatic rings. The van der Waals surface area contributed by atoms with Gasteiger partial charge in [-0.2, -0.15) is 0 Å². The zero-order valence-corrected chi connectivity index (χ0v) is 13.5. The summed E-state index contributed by atoms with van der Waals surface area (Å²) in [5.74, 6) is 0.262. The van der Waals surface area contributed by atoms with E-state index >= 15 is 0 Å². The Kier molecular flexibility index (Phi) is 4.08. The molecular formula is C15H18BrNO4. The van der Waals surface area contributed by atoms with Gasteiger partial charge in [-0.3, -0.25) is 0 Å². The van der Waals surface area contributed by atoms with Gasteiger partial charge in [-0.15, -0.1) is 0 Å². The van der Waals surface area contributed by atoms with Gasteiger partial charge in [0.1, 0.15) is 5.75 Å². The molecule has 3 rings (SSSR count). The fraction of sp³-hybridized carbons (Fsp3) is 0.533. The zero-order chi connectivity index (χ0) is 14.9. The van der Waals surface area contributed by atoms with Crippen molar-refractivity contribution in [3.8, 4) is 5.75 Å². The highest BCUT2D eigenvalue weighted by Crippen LogP contribution is 2.38. The summed E-state index contributed by atoms with van der Waals surface area (Å²) in [4.78, 5) is 13.4. The Balaban J connectivity index is 1.66. The van der Waals surface area contributed by atoms with E-state index in [0.29, 0.717) is 39.1 Å². The molecule has 114 valence electrons. The van der Waals surface area contributed by atoms with Crippen molar-refractivity contribution in [2.45, 2.75) is 32.2 Å². The molecule has 0 atom stereocenters. The third kappa shape index (κ3) is 3.01. The first-order valence-corrected chi connectivity index (χ1v) is 7.94. The summed E-state index contributed by atoms with van der Waals surface area (Å²) >= 11 is 3.45. The molecule has 5 nitrogen and oxygen atoms in total. The molecule has 0 saturated carbocycles. The van der Waals surface area contributed by atoms with Gasteiger partial charge in [0.05, 0.1) is 13.2 Å². The number of rotatable bonds is 1. The lowest BCUT2D eigenvalue weighted by Crippen LogP contribution is -2.52. The fourth-order valence-corrected chi connectivity index (χ4v) is 3.10. The Morgan fingerprint density at radius 1 is 1.43 bits per heavy atom. The molecule has 0 bridgehead atoms. The van der Waals surface area contributed by atoms with E-state index in [1.807, 2.05) is 25.1 Å². The zero-order valence-electron chi connectivity index (χ0n) is 11.9. The van der Waals surface area contributed by atoms with Gasteiger partial charge < -0.3 is 19.1 Å². The van der Waals surface area contributed by atoms with Crippen molar-refractivity contribution in [2.24, 2.45) is 0 Å². The summed E-state index contributed by atoms with van der Waals surface area (Å²) in [6.07, 6.45) is 1.05. The molecule has 1 saturated heterocycles. The molecule has 0 radical (unpaired) electrons. The van der Waals surface area contributed by atoms with Gasteiger partial charge in [-0.05, 0) is 25.1 Å². The van der Waals surface area contributed by atoms with Gasteiger partial charge in [0.2, 0.25) is 5.79 Å². The highest BCUT2D eigenvalue weighted by atomic mass is 79.9. The summed E-state index contributed by atoms with van der Waals surface area (Å²) < 4.78 is 18.1. The van der Waals surface area contributed by atoms with E-state index in [9.17, 15) is 4.79 Å². The fourth-order valence-electron chi connectivity index (χ4n) is 2.69. The number of ether oxygens (including phenoxy) is 3. The first-order chi connectivity index (χ1) is 10.1. The quantitative estimate of drug-likeness (QED) is 0.775. The van der Waals surface area contributed by atoms with E-state index in [4.69, 9.17) is 14.2 Å². The molecule has 0 aliphatic carbocycles. The molecule has 1 spiro atoms. The molecule has 0 aromatic heterocycles. The van der Waals surface area contributed by atoms with Crippen molar-refractivity contribution in [1.29, 1.82) is 0 Å². The first-order valence-electron chi connectivity index (χ1n) is 7.15. The molecule has 1 amide bonds. The Morgan fingerprint density at radius 3 is 2.90 bits per heavy atom. The minimum atomic E-state index is -0.607. The summed E-state index contributed by atoms with van der Waals surface area (Å²) in [6, 6.07) is 5.93. The van der Waals surface area contributed by atoms with Crippen molar-refractivity contribution < 1.29 is 19.0 Å². The van der Waals surface area contributed by atoms with Gasteiger partial charge in [0.15, 0.2) is 0 Å². The van der Waals surface area contributed by atoms with Crippen molar-refractivity contribution in [3.05, 3.63) is 28.2 Å². The second-order valence-corrected chi connectivity index (χ2v) is 6.16. The van der Waals surface area contributed by atoms with Crippen LogP contribution in [0.15, 0.2) is 22.7 Å². The van der Waals surface area contributed by atoms with Gasteiger partial charge in [-0.25, -0.2) is 4.79 Å². The number of piperidine rings is 1. The molecule has 2 aliphatic heterocycles. The highest BCUT2D eigenvalue weighted by molar-refractivity contribution is 9.10. The van der Waals surface area contributed by atoms with Crippen molar-refractivity contribution in [3.63, 3.8) is 0 Å². The molecule has 2 heterocycles. The monoisotopic (exact) mass is 355 g/mol. The van der Waals surface area contributed by atoms with Gasteiger partial charge in [0.25, 0.3) is 0 Å². The van der Waals surface area contributed by atoms with E-state index in [1.54, 1.807) is 4.90 Å². The third-order valence-electron chi connectivity index (χ3n) is 3.86. The van der Waals surface area contributed by atoms with Gasteiger partial charge >= 0.3 is 6.09 Å². The van der Waals surface area contributed by atoms with Crippen LogP contribution in [0.1, 0.15) is 25.3 Å². The number of halogens is 1. The Morgan fingerprint density at radius 2 is 2.19 bits per heavy atom. The molecule has 1 aromatic carbocycles. The van der Waals surface area contributed by atoms with Crippen molar-refractivity contribution in [2.75, 3.05) is 19.7 Å². The number of amides is 1. The Bertz CT molecular complexity index is 540. The summed E-state index contributed by atoms with van der Waals surface area (Å²) in [6.45, 7) is 3.92. The molecule has 1 fully saturated rings. The number of fused-ring (bicyclic) bond motifs is 1. The lowest BCUT2D eigenvalue weighted by atomic mass is 10.0. The van der Waals surface area contributed by atoms with Crippen LogP contribution >= 0.6 is 15.9 Å². The minimum Gasteiger partial charge on any atom is -0.462 e. The minimum absolute atomic E-state index is 0.257.